The highest BCUT2D eigenvalue weighted by atomic mass is 15.3. The van der Waals surface area contributed by atoms with Crippen molar-refractivity contribution in [1.82, 2.24) is 19.6 Å². The Morgan fingerprint density at radius 2 is 2.29 bits per heavy atom. The fraction of sp³-hybridized carbons (Fsp3) is 0.444. The lowest BCUT2D eigenvalue weighted by molar-refractivity contribution is 0.809. The zero-order valence-electron chi connectivity index (χ0n) is 8.31. The lowest BCUT2D eigenvalue weighted by atomic mass is 10.1. The van der Waals surface area contributed by atoms with Crippen LogP contribution in [0.15, 0.2) is 12.4 Å². The maximum Gasteiger partial charge on any atom is 0.252 e. The number of hydrogen-bond acceptors (Lipinski definition) is 4. The van der Waals surface area contributed by atoms with Gasteiger partial charge in [-0.05, 0) is 11.5 Å². The van der Waals surface area contributed by atoms with Gasteiger partial charge in [0.25, 0.3) is 5.78 Å². The number of hydrogen-bond donors (Lipinski definition) is 1. The van der Waals surface area contributed by atoms with Crippen molar-refractivity contribution in [1.29, 1.82) is 0 Å². The molecule has 2 N–H and O–H groups in total. The van der Waals surface area contributed by atoms with Crippen LogP contribution in [0.3, 0.4) is 0 Å². The van der Waals surface area contributed by atoms with E-state index in [-0.39, 0.29) is 0 Å². The summed E-state index contributed by atoms with van der Waals surface area (Å²) in [6.45, 7) is 4.58. The van der Waals surface area contributed by atoms with Crippen LogP contribution in [0.25, 0.3) is 5.78 Å². The van der Waals surface area contributed by atoms with Gasteiger partial charge in [-0.1, -0.05) is 13.8 Å². The van der Waals surface area contributed by atoms with Crippen LogP contribution in [0.2, 0.25) is 0 Å². The van der Waals surface area contributed by atoms with Crippen molar-refractivity contribution in [3.63, 3.8) is 0 Å². The summed E-state index contributed by atoms with van der Waals surface area (Å²) in [5.74, 6) is 1.67. The molecule has 0 atom stereocenters. The molecule has 5 nitrogen and oxygen atoms in total. The molecule has 0 aliphatic rings. The quantitative estimate of drug-likeness (QED) is 0.758. The zero-order valence-corrected chi connectivity index (χ0v) is 8.31. The highest BCUT2D eigenvalue weighted by Crippen LogP contribution is 2.12. The van der Waals surface area contributed by atoms with Crippen molar-refractivity contribution in [3.05, 3.63) is 23.8 Å². The molecule has 0 spiro atoms. The van der Waals surface area contributed by atoms with E-state index in [1.807, 2.05) is 12.4 Å². The predicted octanol–water partition coefficient (Wildman–Crippen LogP) is 0.706. The maximum atomic E-state index is 5.45. The average molecular weight is 191 g/mol. The molecule has 2 aromatic heterocycles. The standard InChI is InChI=1S/C9H13N5/c1-6(2)7-4-11-9-12-8(3-10)13-14(9)5-7/h4-6H,3,10H2,1-2H3. The molecule has 0 aromatic carbocycles. The van der Waals surface area contributed by atoms with Gasteiger partial charge in [0, 0.05) is 12.4 Å². The molecule has 0 radical (unpaired) electrons. The third-order valence-corrected chi connectivity index (χ3v) is 2.11. The van der Waals surface area contributed by atoms with Gasteiger partial charge in [0.2, 0.25) is 0 Å². The Kier molecular flexibility index (Phi) is 2.17. The van der Waals surface area contributed by atoms with Crippen molar-refractivity contribution >= 4 is 5.78 Å². The topological polar surface area (TPSA) is 69.1 Å². The lowest BCUT2D eigenvalue weighted by Gasteiger charge is -2.02. The molecular formula is C9H13N5. The second-order valence-electron chi connectivity index (χ2n) is 3.52. The number of nitrogens with zero attached hydrogens (tertiary/aromatic N) is 4. The molecule has 0 aliphatic carbocycles. The van der Waals surface area contributed by atoms with Crippen LogP contribution in [-0.2, 0) is 6.54 Å². The number of nitrogens with two attached hydrogens (primary N) is 1. The third kappa shape index (κ3) is 1.46. The summed E-state index contributed by atoms with van der Waals surface area (Å²) >= 11 is 0. The van der Waals surface area contributed by atoms with Gasteiger partial charge in [-0.25, -0.2) is 9.50 Å². The van der Waals surface area contributed by atoms with Gasteiger partial charge in [0.1, 0.15) is 0 Å². The summed E-state index contributed by atoms with van der Waals surface area (Å²) in [4.78, 5) is 8.35. The second-order valence-corrected chi connectivity index (χ2v) is 3.52. The Hall–Kier alpha value is -1.49. The molecule has 0 bridgehead atoms. The van der Waals surface area contributed by atoms with E-state index < -0.39 is 0 Å². The van der Waals surface area contributed by atoms with E-state index in [9.17, 15) is 0 Å². The van der Waals surface area contributed by atoms with E-state index in [4.69, 9.17) is 5.73 Å². The summed E-state index contributed by atoms with van der Waals surface area (Å²) in [7, 11) is 0. The summed E-state index contributed by atoms with van der Waals surface area (Å²) in [6.07, 6.45) is 3.77. The number of rotatable bonds is 2. The Labute approximate surface area is 82.0 Å². The Balaban J connectivity index is 2.54. The summed E-state index contributed by atoms with van der Waals surface area (Å²) in [5, 5.41) is 4.19. The normalized spacial score (nSPS) is 11.4. The van der Waals surface area contributed by atoms with Crippen LogP contribution < -0.4 is 5.73 Å². The first-order valence-corrected chi connectivity index (χ1v) is 4.62. The minimum atomic E-state index is 0.348. The fourth-order valence-corrected chi connectivity index (χ4v) is 1.22. The minimum absolute atomic E-state index is 0.348. The minimum Gasteiger partial charge on any atom is -0.324 e. The van der Waals surface area contributed by atoms with Crippen molar-refractivity contribution in [2.75, 3.05) is 0 Å². The first kappa shape index (κ1) is 9.08. The molecule has 0 amide bonds. The maximum absolute atomic E-state index is 5.45. The Morgan fingerprint density at radius 3 is 2.93 bits per heavy atom. The molecule has 2 heterocycles. The number of fused-ring (bicyclic) bond motifs is 1. The van der Waals surface area contributed by atoms with Crippen molar-refractivity contribution < 1.29 is 0 Å². The smallest absolute Gasteiger partial charge is 0.252 e. The Bertz CT molecular complexity index is 445. The van der Waals surface area contributed by atoms with Gasteiger partial charge in [0.15, 0.2) is 5.82 Å². The molecule has 0 saturated heterocycles. The monoisotopic (exact) mass is 191 g/mol. The highest BCUT2D eigenvalue weighted by molar-refractivity contribution is 5.28. The zero-order chi connectivity index (χ0) is 10.1. The largest absolute Gasteiger partial charge is 0.324 e. The number of aromatic nitrogens is 4. The Morgan fingerprint density at radius 1 is 1.50 bits per heavy atom. The average Bonchev–Trinajstić information content (AvgIpc) is 2.58. The van der Waals surface area contributed by atoms with Crippen LogP contribution in [0.5, 0.6) is 0 Å². The lowest BCUT2D eigenvalue weighted by Crippen LogP contribution is -1.99. The van der Waals surface area contributed by atoms with Crippen molar-refractivity contribution in [2.45, 2.75) is 26.3 Å². The van der Waals surface area contributed by atoms with Gasteiger partial charge < -0.3 is 5.73 Å². The van der Waals surface area contributed by atoms with Gasteiger partial charge >= 0.3 is 0 Å². The van der Waals surface area contributed by atoms with Gasteiger partial charge in [-0.2, -0.15) is 4.98 Å². The van der Waals surface area contributed by atoms with Crippen molar-refractivity contribution in [2.24, 2.45) is 5.73 Å². The molecule has 2 rings (SSSR count). The molecule has 0 saturated carbocycles. The fourth-order valence-electron chi connectivity index (χ4n) is 1.22. The van der Waals surface area contributed by atoms with E-state index in [1.54, 1.807) is 4.52 Å². The van der Waals surface area contributed by atoms with Crippen LogP contribution >= 0.6 is 0 Å². The van der Waals surface area contributed by atoms with E-state index >= 15 is 0 Å². The molecule has 2 aromatic rings. The van der Waals surface area contributed by atoms with E-state index in [2.05, 4.69) is 28.9 Å². The van der Waals surface area contributed by atoms with Gasteiger partial charge in [-0.15, -0.1) is 5.10 Å². The highest BCUT2D eigenvalue weighted by Gasteiger charge is 2.05. The molecule has 5 heteroatoms. The molecule has 74 valence electrons. The van der Waals surface area contributed by atoms with Crippen LogP contribution in [0, 0.1) is 0 Å². The molecule has 0 fully saturated rings. The van der Waals surface area contributed by atoms with Crippen LogP contribution in [0.4, 0.5) is 0 Å². The summed E-state index contributed by atoms with van der Waals surface area (Å²) < 4.78 is 1.68. The molecule has 14 heavy (non-hydrogen) atoms. The first-order valence-electron chi connectivity index (χ1n) is 4.62. The molecule has 0 unspecified atom stereocenters. The van der Waals surface area contributed by atoms with E-state index in [1.165, 1.54) is 0 Å². The predicted molar refractivity (Wildman–Crippen MR) is 52.8 cm³/mol. The third-order valence-electron chi connectivity index (χ3n) is 2.11. The van der Waals surface area contributed by atoms with Crippen molar-refractivity contribution in [3.8, 4) is 0 Å². The van der Waals surface area contributed by atoms with Crippen LogP contribution in [-0.4, -0.2) is 19.6 Å². The molecule has 0 aliphatic heterocycles. The first-order chi connectivity index (χ1) is 6.70. The summed E-state index contributed by atoms with van der Waals surface area (Å²) in [6, 6.07) is 0. The second kappa shape index (κ2) is 3.34. The van der Waals surface area contributed by atoms with E-state index in [0.717, 1.165) is 5.56 Å². The van der Waals surface area contributed by atoms with E-state index in [0.29, 0.717) is 24.1 Å². The molecular weight excluding hydrogens is 178 g/mol. The SMILES string of the molecule is CC(C)c1cnc2nc(CN)nn2c1. The van der Waals surface area contributed by atoms with Gasteiger partial charge in [-0.3, -0.25) is 0 Å². The van der Waals surface area contributed by atoms with Gasteiger partial charge in [0.05, 0.1) is 6.54 Å². The summed E-state index contributed by atoms with van der Waals surface area (Å²) in [5.41, 5.74) is 6.59. The van der Waals surface area contributed by atoms with Crippen LogP contribution in [0.1, 0.15) is 31.2 Å².